The van der Waals surface area contributed by atoms with Crippen LogP contribution in [0, 0.1) is 0 Å². The van der Waals surface area contributed by atoms with E-state index >= 15 is 0 Å². The first-order chi connectivity index (χ1) is 22.8. The molecule has 0 saturated carbocycles. The summed E-state index contributed by atoms with van der Waals surface area (Å²) >= 11 is 7.65. The SMILES string of the molecule is [Br-].[Br-].c1cc2c(s1)c(N1CCCC1)cc[n+]2Cc1ccc(SCCSc2ccc(C[n+]3ccc(N4CCCC4)c4sccc43)cc2)cc1. The van der Waals surface area contributed by atoms with Crippen LogP contribution in [0.4, 0.5) is 11.4 Å². The molecule has 6 aromatic rings. The highest BCUT2D eigenvalue weighted by atomic mass is 79.9. The third kappa shape index (κ3) is 7.94. The highest BCUT2D eigenvalue weighted by Gasteiger charge is 2.22. The Morgan fingerprint density at radius 3 is 1.31 bits per heavy atom. The van der Waals surface area contributed by atoms with Gasteiger partial charge in [0, 0.05) is 82.9 Å². The van der Waals surface area contributed by atoms with Crippen molar-refractivity contribution >= 4 is 78.0 Å². The summed E-state index contributed by atoms with van der Waals surface area (Å²) in [4.78, 5) is 7.81. The van der Waals surface area contributed by atoms with Gasteiger partial charge in [-0.3, -0.25) is 0 Å². The van der Waals surface area contributed by atoms with Gasteiger partial charge < -0.3 is 43.8 Å². The summed E-state index contributed by atoms with van der Waals surface area (Å²) in [5.41, 5.74) is 8.23. The van der Waals surface area contributed by atoms with E-state index in [9.17, 15) is 0 Å². The molecule has 0 amide bonds. The van der Waals surface area contributed by atoms with Gasteiger partial charge in [-0.2, -0.15) is 9.13 Å². The van der Waals surface area contributed by atoms with Gasteiger partial charge in [0.25, 0.3) is 0 Å². The molecular formula is C38H40Br2N4S4. The van der Waals surface area contributed by atoms with Gasteiger partial charge in [0.1, 0.15) is 9.40 Å². The van der Waals surface area contributed by atoms with Crippen LogP contribution in [0.3, 0.4) is 0 Å². The van der Waals surface area contributed by atoms with Gasteiger partial charge in [-0.05, 0) is 60.7 Å². The van der Waals surface area contributed by atoms with Crippen LogP contribution in [0.1, 0.15) is 36.8 Å². The van der Waals surface area contributed by atoms with E-state index in [1.165, 1.54) is 105 Å². The number of thioether (sulfide) groups is 2. The minimum atomic E-state index is 0. The lowest BCUT2D eigenvalue weighted by Crippen LogP contribution is -3.00. The zero-order valence-electron chi connectivity index (χ0n) is 26.9. The maximum absolute atomic E-state index is 2.55. The van der Waals surface area contributed by atoms with Crippen LogP contribution in [0.25, 0.3) is 20.4 Å². The van der Waals surface area contributed by atoms with E-state index in [1.807, 2.05) is 46.2 Å². The molecule has 0 N–H and O–H groups in total. The van der Waals surface area contributed by atoms with Crippen molar-refractivity contribution in [3.05, 3.63) is 107 Å². The van der Waals surface area contributed by atoms with Gasteiger partial charge in [0.2, 0.25) is 11.0 Å². The predicted octanol–water partition coefficient (Wildman–Crippen LogP) is 2.88. The van der Waals surface area contributed by atoms with Crippen molar-refractivity contribution in [2.75, 3.05) is 47.5 Å². The normalized spacial score (nSPS) is 14.5. The van der Waals surface area contributed by atoms with Crippen molar-refractivity contribution in [1.82, 2.24) is 0 Å². The quantitative estimate of drug-likeness (QED) is 0.113. The molecule has 48 heavy (non-hydrogen) atoms. The first kappa shape index (κ1) is 35.7. The molecule has 2 fully saturated rings. The van der Waals surface area contributed by atoms with Gasteiger partial charge in [0.05, 0.1) is 11.4 Å². The Morgan fingerprint density at radius 1 is 0.521 bits per heavy atom. The number of fused-ring (bicyclic) bond motifs is 2. The van der Waals surface area contributed by atoms with Crippen LogP contribution < -0.4 is 52.9 Å². The number of hydrogen-bond acceptors (Lipinski definition) is 6. The van der Waals surface area contributed by atoms with Crippen LogP contribution in [-0.4, -0.2) is 37.7 Å². The molecule has 0 bridgehead atoms. The Kier molecular flexibility index (Phi) is 12.5. The monoisotopic (exact) mass is 838 g/mol. The number of aromatic nitrogens is 2. The molecule has 2 aliphatic heterocycles. The van der Waals surface area contributed by atoms with Crippen LogP contribution >= 0.6 is 46.2 Å². The number of pyridine rings is 2. The van der Waals surface area contributed by atoms with Crippen molar-refractivity contribution in [2.24, 2.45) is 0 Å². The summed E-state index contributed by atoms with van der Waals surface area (Å²) in [6, 6.07) is 27.6. The van der Waals surface area contributed by atoms with Crippen molar-refractivity contribution in [3.8, 4) is 0 Å². The molecule has 250 valence electrons. The minimum Gasteiger partial charge on any atom is -1.00 e. The molecule has 4 aromatic heterocycles. The fourth-order valence-electron chi connectivity index (χ4n) is 6.86. The van der Waals surface area contributed by atoms with E-state index in [2.05, 4.69) is 115 Å². The first-order valence-corrected chi connectivity index (χ1v) is 20.2. The average molecular weight is 841 g/mol. The average Bonchev–Trinajstić information content (AvgIpc) is 3.92. The molecule has 0 unspecified atom stereocenters. The van der Waals surface area contributed by atoms with E-state index < -0.39 is 0 Å². The van der Waals surface area contributed by atoms with Gasteiger partial charge in [0.15, 0.2) is 25.5 Å². The van der Waals surface area contributed by atoms with Crippen molar-refractivity contribution in [2.45, 2.75) is 48.6 Å². The fourth-order valence-corrected chi connectivity index (χ4v) is 10.6. The Balaban J connectivity index is 0.00000201. The summed E-state index contributed by atoms with van der Waals surface area (Å²) in [6.07, 6.45) is 9.80. The zero-order chi connectivity index (χ0) is 30.7. The smallest absolute Gasteiger partial charge is 0.225 e. The number of nitrogens with zero attached hydrogens (tertiary/aromatic N) is 4. The second kappa shape index (κ2) is 16.8. The molecular weight excluding hydrogens is 801 g/mol. The maximum Gasteiger partial charge on any atom is 0.225 e. The highest BCUT2D eigenvalue weighted by molar-refractivity contribution is 8.03. The molecule has 8 rings (SSSR count). The van der Waals surface area contributed by atoms with E-state index in [1.54, 1.807) is 0 Å². The lowest BCUT2D eigenvalue weighted by molar-refractivity contribution is -0.662. The third-order valence-corrected chi connectivity index (χ3v) is 13.4. The van der Waals surface area contributed by atoms with Gasteiger partial charge in [-0.25, -0.2) is 0 Å². The summed E-state index contributed by atoms with van der Waals surface area (Å²) in [5.74, 6) is 2.20. The van der Waals surface area contributed by atoms with Gasteiger partial charge in [-0.1, -0.05) is 24.3 Å². The van der Waals surface area contributed by atoms with E-state index in [0.29, 0.717) is 0 Å². The maximum atomic E-state index is 2.55. The molecule has 4 nitrogen and oxygen atoms in total. The third-order valence-electron chi connectivity index (χ3n) is 9.26. The second-order valence-corrected chi connectivity index (χ2v) is 16.5. The second-order valence-electron chi connectivity index (χ2n) is 12.3. The molecule has 0 atom stereocenters. The van der Waals surface area contributed by atoms with Crippen molar-refractivity contribution in [3.63, 3.8) is 0 Å². The van der Waals surface area contributed by atoms with Crippen molar-refractivity contribution in [1.29, 1.82) is 0 Å². The van der Waals surface area contributed by atoms with E-state index in [-0.39, 0.29) is 34.0 Å². The molecule has 2 aromatic carbocycles. The Hall–Kier alpha value is -2.08. The number of rotatable bonds is 11. The summed E-state index contributed by atoms with van der Waals surface area (Å²) < 4.78 is 7.65. The van der Waals surface area contributed by atoms with Crippen LogP contribution in [0.15, 0.2) is 106 Å². The van der Waals surface area contributed by atoms with Crippen LogP contribution in [-0.2, 0) is 13.1 Å². The molecule has 0 spiro atoms. The summed E-state index contributed by atoms with van der Waals surface area (Å²) in [6.45, 7) is 6.57. The van der Waals surface area contributed by atoms with Crippen LogP contribution in [0.2, 0.25) is 0 Å². The molecule has 0 radical (unpaired) electrons. The topological polar surface area (TPSA) is 14.2 Å². The molecule has 2 aliphatic rings. The fraction of sp³-hybridized carbons (Fsp3) is 0.316. The number of thiophene rings is 2. The first-order valence-electron chi connectivity index (χ1n) is 16.5. The molecule has 10 heteroatoms. The number of halogens is 2. The van der Waals surface area contributed by atoms with Crippen molar-refractivity contribution < 1.29 is 43.1 Å². The number of benzene rings is 2. The Bertz CT molecular complexity index is 1790. The molecule has 6 heterocycles. The van der Waals surface area contributed by atoms with Gasteiger partial charge >= 0.3 is 0 Å². The Morgan fingerprint density at radius 2 is 0.917 bits per heavy atom. The summed E-state index contributed by atoms with van der Waals surface area (Å²) in [7, 11) is 0. The lowest BCUT2D eigenvalue weighted by atomic mass is 10.2. The molecule has 0 aliphatic carbocycles. The van der Waals surface area contributed by atoms with Crippen LogP contribution in [0.5, 0.6) is 0 Å². The standard InChI is InChI=1S/C38H40N4S4.2BrH/c1-2-18-39(17-1)33-13-21-41(35-15-23-45-37(33)35)27-29-5-9-31(10-6-29)43-25-26-44-32-11-7-30(8-12-32)28-42-22-14-34(40-19-3-4-20-40)38-36(42)16-24-46-38;;/h5-16,21-24H,1-4,17-20,25-28H2;2*1H/q+2;;/p-2. The van der Waals surface area contributed by atoms with E-state index in [4.69, 9.17) is 0 Å². The predicted molar refractivity (Wildman–Crippen MR) is 199 cm³/mol. The largest absolute Gasteiger partial charge is 1.00 e. The van der Waals surface area contributed by atoms with E-state index in [0.717, 1.165) is 24.6 Å². The number of hydrogen-bond donors (Lipinski definition) is 0. The molecule has 2 saturated heterocycles. The number of anilines is 2. The highest BCUT2D eigenvalue weighted by Crippen LogP contribution is 2.33. The Labute approximate surface area is 321 Å². The minimum absolute atomic E-state index is 0. The zero-order valence-corrected chi connectivity index (χ0v) is 33.3. The summed E-state index contributed by atoms with van der Waals surface area (Å²) in [5, 5.41) is 4.48. The van der Waals surface area contributed by atoms with Gasteiger partial charge in [-0.15, -0.1) is 46.2 Å². The lowest BCUT2D eigenvalue weighted by Gasteiger charge is -2.17.